The van der Waals surface area contributed by atoms with E-state index >= 15 is 0 Å². The second-order valence-electron chi connectivity index (χ2n) is 9.13. The summed E-state index contributed by atoms with van der Waals surface area (Å²) in [6, 6.07) is 13.0. The Bertz CT molecular complexity index is 1210. The number of fused-ring (bicyclic) bond motifs is 2. The van der Waals surface area contributed by atoms with Crippen molar-refractivity contribution in [1.82, 2.24) is 14.9 Å². The van der Waals surface area contributed by atoms with Crippen molar-refractivity contribution < 1.29 is 4.74 Å². The summed E-state index contributed by atoms with van der Waals surface area (Å²) in [4.78, 5) is 14.1. The molecule has 6 nitrogen and oxygen atoms in total. The van der Waals surface area contributed by atoms with Crippen molar-refractivity contribution in [2.75, 3.05) is 50.1 Å². The molecule has 168 valence electrons. The molecule has 0 bridgehead atoms. The van der Waals surface area contributed by atoms with Crippen LogP contribution < -0.4 is 15.0 Å². The minimum Gasteiger partial charge on any atom is -0.493 e. The maximum absolute atomic E-state index is 5.80. The third kappa shape index (κ3) is 4.07. The second kappa shape index (κ2) is 8.52. The summed E-state index contributed by atoms with van der Waals surface area (Å²) in [7, 11) is 2.17. The predicted molar refractivity (Wildman–Crippen MR) is 133 cm³/mol. The average Bonchev–Trinajstić information content (AvgIpc) is 3.28. The number of pyridine rings is 2. The Kier molecular flexibility index (Phi) is 5.23. The van der Waals surface area contributed by atoms with Gasteiger partial charge in [0.1, 0.15) is 11.6 Å². The van der Waals surface area contributed by atoms with Crippen molar-refractivity contribution in [1.29, 1.82) is 0 Å². The van der Waals surface area contributed by atoms with Gasteiger partial charge < -0.3 is 19.9 Å². The predicted octanol–water partition coefficient (Wildman–Crippen LogP) is 4.28. The topological polar surface area (TPSA) is 53.5 Å². The van der Waals surface area contributed by atoms with Gasteiger partial charge in [0.2, 0.25) is 0 Å². The molecule has 2 aliphatic heterocycles. The highest BCUT2D eigenvalue weighted by Gasteiger charge is 2.20. The third-order valence-electron chi connectivity index (χ3n) is 6.84. The van der Waals surface area contributed by atoms with Crippen LogP contribution in [-0.2, 0) is 12.8 Å². The van der Waals surface area contributed by atoms with E-state index in [4.69, 9.17) is 9.72 Å². The van der Waals surface area contributed by atoms with Crippen LogP contribution in [0.4, 0.5) is 17.2 Å². The molecule has 3 aliphatic rings. The van der Waals surface area contributed by atoms with Crippen molar-refractivity contribution in [3.8, 4) is 5.75 Å². The van der Waals surface area contributed by atoms with Crippen LogP contribution in [0.25, 0.3) is 5.57 Å². The number of anilines is 3. The number of allylic oxidation sites excluding steroid dienone is 1. The molecule has 3 aromatic rings. The van der Waals surface area contributed by atoms with Crippen LogP contribution in [0.15, 0.2) is 54.9 Å². The largest absolute Gasteiger partial charge is 0.493 e. The quantitative estimate of drug-likeness (QED) is 0.655. The lowest BCUT2D eigenvalue weighted by Crippen LogP contribution is -2.44. The van der Waals surface area contributed by atoms with Crippen molar-refractivity contribution >= 4 is 22.8 Å². The number of aromatic nitrogens is 2. The highest BCUT2D eigenvalue weighted by Crippen LogP contribution is 2.36. The zero-order valence-corrected chi connectivity index (χ0v) is 19.1. The summed E-state index contributed by atoms with van der Waals surface area (Å²) in [6.45, 7) is 4.97. The van der Waals surface area contributed by atoms with Gasteiger partial charge in [-0.05, 0) is 60.9 Å². The van der Waals surface area contributed by atoms with Crippen LogP contribution >= 0.6 is 0 Å². The molecule has 0 radical (unpaired) electrons. The third-order valence-corrected chi connectivity index (χ3v) is 6.84. The lowest BCUT2D eigenvalue weighted by atomic mass is 9.96. The van der Waals surface area contributed by atoms with E-state index in [0.29, 0.717) is 0 Å². The number of nitrogens with one attached hydrogen (secondary N) is 1. The minimum absolute atomic E-state index is 0.822. The van der Waals surface area contributed by atoms with Gasteiger partial charge in [0.15, 0.2) is 0 Å². The fourth-order valence-corrected chi connectivity index (χ4v) is 4.94. The maximum atomic E-state index is 5.80. The lowest BCUT2D eigenvalue weighted by Gasteiger charge is -2.33. The molecule has 0 saturated carbocycles. The van der Waals surface area contributed by atoms with Gasteiger partial charge >= 0.3 is 0 Å². The molecule has 0 atom stereocenters. The lowest BCUT2D eigenvalue weighted by molar-refractivity contribution is 0.288. The van der Waals surface area contributed by atoms with E-state index < -0.39 is 0 Å². The van der Waals surface area contributed by atoms with Gasteiger partial charge in [0, 0.05) is 56.1 Å². The first-order valence-electron chi connectivity index (χ1n) is 11.8. The average molecular weight is 440 g/mol. The first-order valence-corrected chi connectivity index (χ1v) is 11.8. The molecule has 0 unspecified atom stereocenters. The zero-order chi connectivity index (χ0) is 22.2. The molecule has 1 fully saturated rings. The van der Waals surface area contributed by atoms with E-state index in [9.17, 15) is 0 Å². The van der Waals surface area contributed by atoms with Crippen LogP contribution in [-0.4, -0.2) is 54.7 Å². The molecule has 1 saturated heterocycles. The highest BCUT2D eigenvalue weighted by molar-refractivity contribution is 5.86. The fourth-order valence-electron chi connectivity index (χ4n) is 4.94. The van der Waals surface area contributed by atoms with E-state index in [1.165, 1.54) is 22.3 Å². The van der Waals surface area contributed by atoms with Crippen molar-refractivity contribution in [3.63, 3.8) is 0 Å². The number of hydrogen-bond donors (Lipinski definition) is 1. The van der Waals surface area contributed by atoms with Gasteiger partial charge in [0.05, 0.1) is 24.2 Å². The summed E-state index contributed by atoms with van der Waals surface area (Å²) in [5, 5.41) is 3.56. The van der Waals surface area contributed by atoms with E-state index in [1.54, 1.807) is 0 Å². The number of ether oxygens (including phenoxy) is 1. The molecular formula is C27H29N5O. The van der Waals surface area contributed by atoms with E-state index in [1.807, 2.05) is 18.5 Å². The van der Waals surface area contributed by atoms with Gasteiger partial charge in [-0.25, -0.2) is 4.98 Å². The molecule has 6 rings (SSSR count). The molecule has 6 heteroatoms. The first-order chi connectivity index (χ1) is 16.2. The monoisotopic (exact) mass is 439 g/mol. The molecule has 1 aliphatic carbocycles. The van der Waals surface area contributed by atoms with Crippen molar-refractivity contribution in [3.05, 3.63) is 77.3 Å². The summed E-state index contributed by atoms with van der Waals surface area (Å²) >= 11 is 0. The zero-order valence-electron chi connectivity index (χ0n) is 19.1. The Morgan fingerprint density at radius 2 is 1.88 bits per heavy atom. The molecular weight excluding hydrogens is 410 g/mol. The molecule has 1 N–H and O–H groups in total. The summed E-state index contributed by atoms with van der Waals surface area (Å²) < 4.78 is 5.80. The Morgan fingerprint density at radius 1 is 0.970 bits per heavy atom. The maximum Gasteiger partial charge on any atom is 0.130 e. The van der Waals surface area contributed by atoms with E-state index in [-0.39, 0.29) is 0 Å². The SMILES string of the molecule is CN1CCN(c2cc(Nc3cnc4c(c3)C(c3ccc5c(c3)CCCO5)=CC4)ccn2)CC1. The number of benzene rings is 1. The van der Waals surface area contributed by atoms with E-state index in [2.05, 4.69) is 63.6 Å². The van der Waals surface area contributed by atoms with Crippen LogP contribution in [0.3, 0.4) is 0 Å². The fraction of sp³-hybridized carbons (Fsp3) is 0.333. The van der Waals surface area contributed by atoms with Gasteiger partial charge in [-0.15, -0.1) is 0 Å². The summed E-state index contributed by atoms with van der Waals surface area (Å²) in [6.07, 6.45) is 9.17. The highest BCUT2D eigenvalue weighted by atomic mass is 16.5. The Morgan fingerprint density at radius 3 is 2.79 bits per heavy atom. The van der Waals surface area contributed by atoms with Crippen LogP contribution in [0.2, 0.25) is 0 Å². The van der Waals surface area contributed by atoms with Crippen LogP contribution in [0.5, 0.6) is 5.75 Å². The molecule has 4 heterocycles. The van der Waals surface area contributed by atoms with Gasteiger partial charge in [-0.1, -0.05) is 12.1 Å². The Hall–Kier alpha value is -3.38. The van der Waals surface area contributed by atoms with Crippen molar-refractivity contribution in [2.45, 2.75) is 19.3 Å². The van der Waals surface area contributed by atoms with Crippen LogP contribution in [0.1, 0.15) is 28.8 Å². The number of rotatable bonds is 4. The normalized spacial score (nSPS) is 17.7. The number of piperazine rings is 1. The number of hydrogen-bond acceptors (Lipinski definition) is 6. The van der Waals surface area contributed by atoms with Gasteiger partial charge in [0.25, 0.3) is 0 Å². The first kappa shape index (κ1) is 20.2. The number of likely N-dealkylation sites (N-methyl/N-ethyl adjacent to an activating group) is 1. The Balaban J connectivity index is 1.24. The Labute approximate surface area is 194 Å². The van der Waals surface area contributed by atoms with Gasteiger partial charge in [-0.2, -0.15) is 0 Å². The summed E-state index contributed by atoms with van der Waals surface area (Å²) in [5.41, 5.74) is 8.21. The smallest absolute Gasteiger partial charge is 0.130 e. The molecule has 0 amide bonds. The number of nitrogens with zero attached hydrogens (tertiary/aromatic N) is 4. The molecule has 2 aromatic heterocycles. The summed E-state index contributed by atoms with van der Waals surface area (Å²) in [5.74, 6) is 2.06. The van der Waals surface area contributed by atoms with Crippen LogP contribution in [0, 0.1) is 0 Å². The molecule has 1 aromatic carbocycles. The van der Waals surface area contributed by atoms with Gasteiger partial charge in [-0.3, -0.25) is 4.98 Å². The molecule has 33 heavy (non-hydrogen) atoms. The van der Waals surface area contributed by atoms with Crippen molar-refractivity contribution in [2.24, 2.45) is 0 Å². The molecule has 0 spiro atoms. The second-order valence-corrected chi connectivity index (χ2v) is 9.13. The minimum atomic E-state index is 0.822. The van der Waals surface area contributed by atoms with E-state index in [0.717, 1.165) is 80.7 Å². The standard InChI is InChI=1S/C27H29N5O/c1-31-10-12-32(13-11-31)27-17-21(8-9-28-27)30-22-16-24-23(5-6-25(24)29-18-22)19-4-7-26-20(15-19)3-2-14-33-26/h4-5,7-9,15-18H,2-3,6,10-14H2,1H3,(H,28,30). The number of aryl methyl sites for hydroxylation is 1.